The fourth-order valence-corrected chi connectivity index (χ4v) is 3.13. The summed E-state index contributed by atoms with van der Waals surface area (Å²) in [6, 6.07) is 18.7. The van der Waals surface area contributed by atoms with Gasteiger partial charge >= 0.3 is 5.97 Å². The SMILES string of the molecule is CCn1c(N/N=C\c2ccc(-c3cccc(C(=O)OC)c3)o2)nc2ccccc21. The number of nitrogens with zero attached hydrogens (tertiary/aromatic N) is 3. The van der Waals surface area contributed by atoms with Crippen LogP contribution in [-0.4, -0.2) is 28.8 Å². The first kappa shape index (κ1) is 18.5. The number of hydrogen-bond donors (Lipinski definition) is 1. The van der Waals surface area contributed by atoms with Crippen LogP contribution in [0.1, 0.15) is 23.0 Å². The largest absolute Gasteiger partial charge is 0.465 e. The third-order valence-electron chi connectivity index (χ3n) is 4.52. The lowest BCUT2D eigenvalue weighted by molar-refractivity contribution is 0.0601. The number of aryl methyl sites for hydroxylation is 1. The number of benzene rings is 2. The molecule has 0 spiro atoms. The Morgan fingerprint density at radius 3 is 2.90 bits per heavy atom. The van der Waals surface area contributed by atoms with Crippen molar-refractivity contribution >= 4 is 29.2 Å². The Balaban J connectivity index is 1.51. The summed E-state index contributed by atoms with van der Waals surface area (Å²) < 4.78 is 12.6. The number of fused-ring (bicyclic) bond motifs is 1. The minimum atomic E-state index is -0.386. The maximum atomic E-state index is 11.7. The van der Waals surface area contributed by atoms with E-state index in [9.17, 15) is 4.79 Å². The molecule has 0 atom stereocenters. The number of nitrogens with one attached hydrogen (secondary N) is 1. The van der Waals surface area contributed by atoms with Crippen LogP contribution in [0.15, 0.2) is 70.2 Å². The smallest absolute Gasteiger partial charge is 0.337 e. The van der Waals surface area contributed by atoms with E-state index in [0.29, 0.717) is 23.0 Å². The molecule has 7 nitrogen and oxygen atoms in total. The average Bonchev–Trinajstić information content (AvgIpc) is 3.37. The van der Waals surface area contributed by atoms with Gasteiger partial charge in [-0.2, -0.15) is 5.10 Å². The molecule has 2 heterocycles. The number of methoxy groups -OCH3 is 1. The van der Waals surface area contributed by atoms with E-state index in [4.69, 9.17) is 9.15 Å². The van der Waals surface area contributed by atoms with Crippen molar-refractivity contribution in [1.82, 2.24) is 9.55 Å². The molecule has 0 amide bonds. The summed E-state index contributed by atoms with van der Waals surface area (Å²) in [7, 11) is 1.36. The van der Waals surface area contributed by atoms with E-state index in [2.05, 4.69) is 27.0 Å². The highest BCUT2D eigenvalue weighted by Crippen LogP contribution is 2.23. The van der Waals surface area contributed by atoms with E-state index < -0.39 is 0 Å². The van der Waals surface area contributed by atoms with Crippen molar-refractivity contribution < 1.29 is 13.9 Å². The van der Waals surface area contributed by atoms with Gasteiger partial charge in [-0.3, -0.25) is 0 Å². The lowest BCUT2D eigenvalue weighted by Crippen LogP contribution is -2.01. The Labute approximate surface area is 167 Å². The third kappa shape index (κ3) is 3.75. The molecule has 4 rings (SSSR count). The Kier molecular flexibility index (Phi) is 5.11. The van der Waals surface area contributed by atoms with Crippen molar-refractivity contribution in [2.75, 3.05) is 12.5 Å². The number of ether oxygens (including phenoxy) is 1. The van der Waals surface area contributed by atoms with Crippen LogP contribution in [0, 0.1) is 0 Å². The van der Waals surface area contributed by atoms with Gasteiger partial charge in [0.25, 0.3) is 0 Å². The topological polar surface area (TPSA) is 81.7 Å². The second-order valence-electron chi connectivity index (χ2n) is 6.31. The molecule has 0 saturated carbocycles. The molecular formula is C22H20N4O3. The highest BCUT2D eigenvalue weighted by Gasteiger charge is 2.10. The highest BCUT2D eigenvalue weighted by atomic mass is 16.5. The second-order valence-corrected chi connectivity index (χ2v) is 6.31. The first-order valence-corrected chi connectivity index (χ1v) is 9.22. The van der Waals surface area contributed by atoms with Crippen molar-refractivity contribution in [2.24, 2.45) is 5.10 Å². The van der Waals surface area contributed by atoms with E-state index >= 15 is 0 Å². The molecule has 0 aliphatic heterocycles. The minimum absolute atomic E-state index is 0.386. The van der Waals surface area contributed by atoms with Crippen molar-refractivity contribution in [1.29, 1.82) is 0 Å². The highest BCUT2D eigenvalue weighted by molar-refractivity contribution is 5.90. The molecule has 29 heavy (non-hydrogen) atoms. The number of carbonyl (C=O) groups excluding carboxylic acids is 1. The van der Waals surface area contributed by atoms with Gasteiger partial charge in [0.1, 0.15) is 11.5 Å². The molecule has 0 aliphatic rings. The molecule has 0 bridgehead atoms. The van der Waals surface area contributed by atoms with Crippen LogP contribution in [0.25, 0.3) is 22.4 Å². The maximum absolute atomic E-state index is 11.7. The number of imidazole rings is 1. The number of carbonyl (C=O) groups is 1. The van der Waals surface area contributed by atoms with Gasteiger partial charge in [-0.05, 0) is 43.3 Å². The monoisotopic (exact) mass is 388 g/mol. The normalized spacial score (nSPS) is 11.2. The minimum Gasteiger partial charge on any atom is -0.465 e. The van der Waals surface area contributed by atoms with E-state index in [0.717, 1.165) is 23.1 Å². The van der Waals surface area contributed by atoms with Gasteiger partial charge in [-0.15, -0.1) is 0 Å². The van der Waals surface area contributed by atoms with Crippen LogP contribution in [0.3, 0.4) is 0 Å². The maximum Gasteiger partial charge on any atom is 0.337 e. The zero-order valence-corrected chi connectivity index (χ0v) is 16.1. The van der Waals surface area contributed by atoms with Crippen LogP contribution in [0.2, 0.25) is 0 Å². The quantitative estimate of drug-likeness (QED) is 0.298. The fourth-order valence-electron chi connectivity index (χ4n) is 3.13. The molecule has 0 saturated heterocycles. The molecule has 2 aromatic heterocycles. The van der Waals surface area contributed by atoms with Crippen molar-refractivity contribution in [2.45, 2.75) is 13.5 Å². The molecule has 0 fully saturated rings. The van der Waals surface area contributed by atoms with E-state index in [-0.39, 0.29) is 5.97 Å². The van der Waals surface area contributed by atoms with E-state index in [1.165, 1.54) is 7.11 Å². The number of esters is 1. The van der Waals surface area contributed by atoms with Gasteiger partial charge < -0.3 is 13.7 Å². The molecule has 4 aromatic rings. The number of rotatable bonds is 6. The lowest BCUT2D eigenvalue weighted by Gasteiger charge is -2.04. The first-order valence-electron chi connectivity index (χ1n) is 9.22. The van der Waals surface area contributed by atoms with Gasteiger partial charge in [0.2, 0.25) is 5.95 Å². The molecule has 2 aromatic carbocycles. The first-order chi connectivity index (χ1) is 14.2. The van der Waals surface area contributed by atoms with Gasteiger partial charge in [-0.1, -0.05) is 24.3 Å². The molecule has 0 unspecified atom stereocenters. The lowest BCUT2D eigenvalue weighted by atomic mass is 10.1. The van der Waals surface area contributed by atoms with Gasteiger partial charge in [0.05, 0.1) is 29.9 Å². The van der Waals surface area contributed by atoms with E-state index in [1.807, 2.05) is 42.5 Å². The second kappa shape index (κ2) is 8.02. The Bertz CT molecular complexity index is 1190. The zero-order chi connectivity index (χ0) is 20.2. The summed E-state index contributed by atoms with van der Waals surface area (Å²) in [6.45, 7) is 2.84. The number of aromatic nitrogens is 2. The van der Waals surface area contributed by atoms with Crippen LogP contribution in [-0.2, 0) is 11.3 Å². The number of furan rings is 1. The number of hydrazone groups is 1. The number of anilines is 1. The standard InChI is InChI=1S/C22H20N4O3/c1-3-26-19-10-5-4-9-18(19)24-22(26)25-23-14-17-11-12-20(29-17)15-7-6-8-16(13-15)21(27)28-2/h4-14H,3H2,1-2H3,(H,24,25)/b23-14-. The van der Waals surface area contributed by atoms with Crippen molar-refractivity contribution in [3.63, 3.8) is 0 Å². The summed E-state index contributed by atoms with van der Waals surface area (Å²) in [6.07, 6.45) is 1.59. The Morgan fingerprint density at radius 2 is 2.07 bits per heavy atom. The number of hydrogen-bond acceptors (Lipinski definition) is 6. The Hall–Kier alpha value is -3.87. The summed E-state index contributed by atoms with van der Waals surface area (Å²) in [4.78, 5) is 16.3. The fraction of sp³-hybridized carbons (Fsp3) is 0.136. The molecule has 1 N–H and O–H groups in total. The van der Waals surface area contributed by atoms with Crippen LogP contribution in [0.5, 0.6) is 0 Å². The van der Waals surface area contributed by atoms with Crippen LogP contribution >= 0.6 is 0 Å². The van der Waals surface area contributed by atoms with Crippen LogP contribution in [0.4, 0.5) is 5.95 Å². The zero-order valence-electron chi connectivity index (χ0n) is 16.1. The molecule has 0 radical (unpaired) electrons. The van der Waals surface area contributed by atoms with Crippen molar-refractivity contribution in [3.05, 3.63) is 72.0 Å². The molecule has 146 valence electrons. The predicted molar refractivity (Wildman–Crippen MR) is 112 cm³/mol. The van der Waals surface area contributed by atoms with Crippen molar-refractivity contribution in [3.8, 4) is 11.3 Å². The van der Waals surface area contributed by atoms with Gasteiger partial charge in [-0.25, -0.2) is 15.2 Å². The molecule has 0 aliphatic carbocycles. The van der Waals surface area contributed by atoms with Crippen LogP contribution < -0.4 is 5.43 Å². The average molecular weight is 388 g/mol. The van der Waals surface area contributed by atoms with E-state index in [1.54, 1.807) is 24.4 Å². The summed E-state index contributed by atoms with van der Waals surface area (Å²) in [5.74, 6) is 1.50. The predicted octanol–water partition coefficient (Wildman–Crippen LogP) is 4.55. The van der Waals surface area contributed by atoms with Gasteiger partial charge in [0.15, 0.2) is 0 Å². The molecular weight excluding hydrogens is 368 g/mol. The third-order valence-corrected chi connectivity index (χ3v) is 4.52. The molecule has 7 heteroatoms. The summed E-state index contributed by atoms with van der Waals surface area (Å²) in [5, 5.41) is 4.26. The summed E-state index contributed by atoms with van der Waals surface area (Å²) >= 11 is 0. The van der Waals surface area contributed by atoms with Gasteiger partial charge in [0, 0.05) is 12.1 Å². The Morgan fingerprint density at radius 1 is 1.21 bits per heavy atom. The number of para-hydroxylation sites is 2. The summed E-state index contributed by atoms with van der Waals surface area (Å²) in [5.41, 5.74) is 6.21.